The lowest BCUT2D eigenvalue weighted by Gasteiger charge is -2.26. The van der Waals surface area contributed by atoms with Gasteiger partial charge in [-0.2, -0.15) is 5.10 Å². The van der Waals surface area contributed by atoms with Crippen molar-refractivity contribution < 1.29 is 0 Å². The van der Waals surface area contributed by atoms with E-state index in [0.29, 0.717) is 27.7 Å². The van der Waals surface area contributed by atoms with E-state index in [1.807, 2.05) is 30.3 Å². The highest BCUT2D eigenvalue weighted by atomic mass is 35.5. The van der Waals surface area contributed by atoms with Crippen LogP contribution in [0, 0.1) is 0 Å². The molecule has 5 nitrogen and oxygen atoms in total. The first-order chi connectivity index (χ1) is 13.1. The number of piperidine rings is 1. The van der Waals surface area contributed by atoms with E-state index in [1.54, 1.807) is 16.9 Å². The summed E-state index contributed by atoms with van der Waals surface area (Å²) in [5.41, 5.74) is 2.08. The third-order valence-electron chi connectivity index (χ3n) is 5.23. The molecule has 1 fully saturated rings. The van der Waals surface area contributed by atoms with Crippen LogP contribution >= 0.6 is 11.6 Å². The maximum atomic E-state index is 13.1. The van der Waals surface area contributed by atoms with Crippen LogP contribution in [0.25, 0.3) is 22.2 Å². The number of aromatic nitrogens is 3. The van der Waals surface area contributed by atoms with Gasteiger partial charge in [0.05, 0.1) is 11.4 Å². The van der Waals surface area contributed by atoms with Gasteiger partial charge in [0.25, 0.3) is 5.56 Å². The van der Waals surface area contributed by atoms with E-state index in [4.69, 9.17) is 16.7 Å². The molecule has 1 N–H and O–H groups in total. The topological polar surface area (TPSA) is 59.8 Å². The average Bonchev–Trinajstić information content (AvgIpc) is 2.69. The molecule has 0 bridgehead atoms. The van der Waals surface area contributed by atoms with Crippen molar-refractivity contribution in [3.05, 3.63) is 58.0 Å². The standard InChI is InChI=1S/C21H23ClN4O/c1-14(12-17-8-2-3-10-23-17)26-21(27)18-9-5-11-24-20(18)19(25-26)15-6-4-7-16(22)13-15/h4-7,9,11,13-14,17,23H,2-3,8,10,12H2,1H3. The fourth-order valence-corrected chi connectivity index (χ4v) is 4.05. The molecule has 1 saturated heterocycles. The molecule has 1 aromatic carbocycles. The third-order valence-corrected chi connectivity index (χ3v) is 5.47. The van der Waals surface area contributed by atoms with Crippen LogP contribution in [0.2, 0.25) is 5.02 Å². The van der Waals surface area contributed by atoms with Crippen molar-refractivity contribution in [2.45, 2.75) is 44.7 Å². The number of rotatable bonds is 4. The van der Waals surface area contributed by atoms with Crippen molar-refractivity contribution in [2.75, 3.05) is 6.54 Å². The van der Waals surface area contributed by atoms with E-state index in [-0.39, 0.29) is 11.6 Å². The minimum absolute atomic E-state index is 0.00404. The van der Waals surface area contributed by atoms with E-state index in [0.717, 1.165) is 24.9 Å². The van der Waals surface area contributed by atoms with Crippen LogP contribution in [0.4, 0.5) is 0 Å². The maximum Gasteiger partial charge on any atom is 0.276 e. The van der Waals surface area contributed by atoms with E-state index < -0.39 is 0 Å². The summed E-state index contributed by atoms with van der Waals surface area (Å²) in [6, 6.07) is 11.6. The SMILES string of the molecule is CC(CC1CCCCN1)n1nc(-c2cccc(Cl)c2)c2ncccc2c1=O. The minimum Gasteiger partial charge on any atom is -0.314 e. The van der Waals surface area contributed by atoms with Crippen molar-refractivity contribution in [1.82, 2.24) is 20.1 Å². The Labute approximate surface area is 163 Å². The Morgan fingerprint density at radius 1 is 1.30 bits per heavy atom. The van der Waals surface area contributed by atoms with Gasteiger partial charge >= 0.3 is 0 Å². The molecule has 2 atom stereocenters. The molecule has 0 spiro atoms. The summed E-state index contributed by atoms with van der Waals surface area (Å²) in [7, 11) is 0. The summed E-state index contributed by atoms with van der Waals surface area (Å²) < 4.78 is 1.62. The van der Waals surface area contributed by atoms with Crippen LogP contribution in [-0.4, -0.2) is 27.4 Å². The molecule has 3 aromatic rings. The fraction of sp³-hybridized carbons (Fsp3) is 0.381. The molecule has 0 amide bonds. The highest BCUT2D eigenvalue weighted by molar-refractivity contribution is 6.30. The van der Waals surface area contributed by atoms with Crippen molar-refractivity contribution >= 4 is 22.5 Å². The van der Waals surface area contributed by atoms with Crippen LogP contribution in [0.5, 0.6) is 0 Å². The van der Waals surface area contributed by atoms with Crippen molar-refractivity contribution in [2.24, 2.45) is 0 Å². The summed E-state index contributed by atoms with van der Waals surface area (Å²) in [6.45, 7) is 3.11. The average molecular weight is 383 g/mol. The number of hydrogen-bond donors (Lipinski definition) is 1. The quantitative estimate of drug-likeness (QED) is 0.734. The van der Waals surface area contributed by atoms with Crippen LogP contribution in [0.15, 0.2) is 47.4 Å². The fourth-order valence-electron chi connectivity index (χ4n) is 3.86. The van der Waals surface area contributed by atoms with Gasteiger partial charge in [-0.15, -0.1) is 0 Å². The molecule has 3 heterocycles. The van der Waals surface area contributed by atoms with Gasteiger partial charge in [-0.3, -0.25) is 9.78 Å². The normalized spacial score (nSPS) is 18.5. The molecule has 1 aliphatic heterocycles. The summed E-state index contributed by atoms with van der Waals surface area (Å²) in [4.78, 5) is 17.5. The molecule has 4 rings (SSSR count). The minimum atomic E-state index is -0.0906. The molecule has 0 aliphatic carbocycles. The van der Waals surface area contributed by atoms with Crippen molar-refractivity contribution in [1.29, 1.82) is 0 Å². The summed E-state index contributed by atoms with van der Waals surface area (Å²) in [6.07, 6.45) is 6.19. The van der Waals surface area contributed by atoms with Crippen LogP contribution in [0.3, 0.4) is 0 Å². The zero-order valence-electron chi connectivity index (χ0n) is 15.4. The molecule has 0 radical (unpaired) electrons. The van der Waals surface area contributed by atoms with E-state index in [9.17, 15) is 4.79 Å². The van der Waals surface area contributed by atoms with Gasteiger partial charge in [0.15, 0.2) is 0 Å². The Bertz CT molecular complexity index is 1010. The van der Waals surface area contributed by atoms with E-state index in [2.05, 4.69) is 17.2 Å². The van der Waals surface area contributed by atoms with Crippen LogP contribution < -0.4 is 10.9 Å². The molecule has 2 unspecified atom stereocenters. The van der Waals surface area contributed by atoms with E-state index in [1.165, 1.54) is 12.8 Å². The zero-order chi connectivity index (χ0) is 18.8. The number of hydrogen-bond acceptors (Lipinski definition) is 4. The molecule has 6 heteroatoms. The highest BCUT2D eigenvalue weighted by Gasteiger charge is 2.21. The molecule has 27 heavy (non-hydrogen) atoms. The number of nitrogens with one attached hydrogen (secondary N) is 1. The van der Waals surface area contributed by atoms with Gasteiger partial charge in [0.2, 0.25) is 0 Å². The summed E-state index contributed by atoms with van der Waals surface area (Å²) in [5.74, 6) is 0. The molecule has 0 saturated carbocycles. The van der Waals surface area contributed by atoms with Crippen LogP contribution in [-0.2, 0) is 0 Å². The summed E-state index contributed by atoms with van der Waals surface area (Å²) in [5, 5.41) is 9.51. The Kier molecular flexibility index (Phi) is 5.23. The first kappa shape index (κ1) is 18.1. The van der Waals surface area contributed by atoms with Crippen LogP contribution in [0.1, 0.15) is 38.6 Å². The number of nitrogens with zero attached hydrogens (tertiary/aromatic N) is 3. The van der Waals surface area contributed by atoms with Gasteiger partial charge in [0.1, 0.15) is 11.2 Å². The highest BCUT2D eigenvalue weighted by Crippen LogP contribution is 2.26. The predicted molar refractivity (Wildman–Crippen MR) is 109 cm³/mol. The second-order valence-corrected chi connectivity index (χ2v) is 7.68. The number of benzene rings is 1. The lowest BCUT2D eigenvalue weighted by Crippen LogP contribution is -2.37. The smallest absolute Gasteiger partial charge is 0.276 e. The molecule has 1 aliphatic rings. The number of pyridine rings is 1. The van der Waals surface area contributed by atoms with Gasteiger partial charge in [-0.1, -0.05) is 30.2 Å². The maximum absolute atomic E-state index is 13.1. The Morgan fingerprint density at radius 3 is 2.96 bits per heavy atom. The van der Waals surface area contributed by atoms with Gasteiger partial charge in [-0.05, 0) is 57.0 Å². The summed E-state index contributed by atoms with van der Waals surface area (Å²) >= 11 is 6.18. The molecule has 140 valence electrons. The largest absolute Gasteiger partial charge is 0.314 e. The Balaban J connectivity index is 1.81. The van der Waals surface area contributed by atoms with Crippen molar-refractivity contribution in [3.8, 4) is 11.3 Å². The Hall–Kier alpha value is -2.24. The lowest BCUT2D eigenvalue weighted by atomic mass is 9.99. The number of halogens is 1. The van der Waals surface area contributed by atoms with Crippen molar-refractivity contribution in [3.63, 3.8) is 0 Å². The molecule has 2 aromatic heterocycles. The first-order valence-corrected chi connectivity index (χ1v) is 9.88. The van der Waals surface area contributed by atoms with Gasteiger partial charge in [-0.25, -0.2) is 4.68 Å². The zero-order valence-corrected chi connectivity index (χ0v) is 16.1. The van der Waals surface area contributed by atoms with E-state index >= 15 is 0 Å². The second kappa shape index (κ2) is 7.79. The monoisotopic (exact) mass is 382 g/mol. The first-order valence-electron chi connectivity index (χ1n) is 9.50. The molecular formula is C21H23ClN4O. The molecular weight excluding hydrogens is 360 g/mol. The van der Waals surface area contributed by atoms with Gasteiger partial charge < -0.3 is 5.32 Å². The third kappa shape index (κ3) is 3.75. The second-order valence-electron chi connectivity index (χ2n) is 7.24. The number of fused-ring (bicyclic) bond motifs is 1. The Morgan fingerprint density at radius 2 is 2.19 bits per heavy atom. The predicted octanol–water partition coefficient (Wildman–Crippen LogP) is 4.21. The van der Waals surface area contributed by atoms with Gasteiger partial charge in [0, 0.05) is 22.8 Å². The lowest BCUT2D eigenvalue weighted by molar-refractivity contribution is 0.320.